The number of hydrogen-bond acceptors (Lipinski definition) is 2. The summed E-state index contributed by atoms with van der Waals surface area (Å²) < 4.78 is 0. The fourth-order valence-electron chi connectivity index (χ4n) is 2.33. The minimum absolute atomic E-state index is 0.256. The van der Waals surface area contributed by atoms with E-state index in [4.69, 9.17) is 5.73 Å². The van der Waals surface area contributed by atoms with Crippen LogP contribution in [0.3, 0.4) is 0 Å². The molecular weight excluding hydrogens is 250 g/mol. The molecule has 1 amide bonds. The summed E-state index contributed by atoms with van der Waals surface area (Å²) in [4.78, 5) is 10.7. The maximum Gasteiger partial charge on any atom is 0.217 e. The van der Waals surface area contributed by atoms with Gasteiger partial charge in [0.1, 0.15) is 0 Å². The number of allylic oxidation sites excluding steroid dienone is 1. The number of amides is 1. The number of nitrogens with two attached hydrogens (primary N) is 1. The molecule has 0 heterocycles. The molecule has 1 atom stereocenters. The van der Waals surface area contributed by atoms with E-state index in [0.717, 1.165) is 42.4 Å². The van der Waals surface area contributed by atoms with Gasteiger partial charge in [0.15, 0.2) is 0 Å². The van der Waals surface area contributed by atoms with Gasteiger partial charge in [-0.2, -0.15) is 0 Å². The fourth-order valence-corrected chi connectivity index (χ4v) is 2.33. The Labute approximate surface area is 121 Å². The molecular formula is C17H25NO2. The zero-order valence-corrected chi connectivity index (χ0v) is 12.4. The average molecular weight is 275 g/mol. The van der Waals surface area contributed by atoms with Crippen LogP contribution in [0.25, 0.3) is 6.08 Å². The zero-order valence-electron chi connectivity index (χ0n) is 12.4. The predicted molar refractivity (Wildman–Crippen MR) is 83.1 cm³/mol. The van der Waals surface area contributed by atoms with E-state index in [0.29, 0.717) is 6.42 Å². The van der Waals surface area contributed by atoms with Crippen LogP contribution >= 0.6 is 0 Å². The molecule has 3 heteroatoms. The van der Waals surface area contributed by atoms with E-state index in [-0.39, 0.29) is 5.91 Å². The lowest BCUT2D eigenvalue weighted by atomic mass is 9.94. The molecule has 0 bridgehead atoms. The average Bonchev–Trinajstić information content (AvgIpc) is 2.38. The van der Waals surface area contributed by atoms with Crippen molar-refractivity contribution in [3.05, 3.63) is 41.0 Å². The van der Waals surface area contributed by atoms with Gasteiger partial charge in [0.05, 0.1) is 6.10 Å². The summed E-state index contributed by atoms with van der Waals surface area (Å²) in [5.41, 5.74) is 8.30. The molecule has 20 heavy (non-hydrogen) atoms. The van der Waals surface area contributed by atoms with Gasteiger partial charge in [-0.15, -0.1) is 0 Å². The largest absolute Gasteiger partial charge is 0.388 e. The Bertz CT molecular complexity index is 466. The number of hydrogen-bond donors (Lipinski definition) is 2. The van der Waals surface area contributed by atoms with E-state index in [2.05, 4.69) is 6.92 Å². The highest BCUT2D eigenvalue weighted by Crippen LogP contribution is 2.26. The number of rotatable bonds is 8. The van der Waals surface area contributed by atoms with Crippen molar-refractivity contribution in [1.82, 2.24) is 0 Å². The SMILES string of the molecule is CCCC(O)c1c(C)cccc1C=CCCCC(N)=O. The summed E-state index contributed by atoms with van der Waals surface area (Å²) >= 11 is 0. The Balaban J connectivity index is 2.76. The monoisotopic (exact) mass is 275 g/mol. The Morgan fingerprint density at radius 1 is 1.45 bits per heavy atom. The second kappa shape index (κ2) is 8.54. The van der Waals surface area contributed by atoms with Gasteiger partial charge in [-0.3, -0.25) is 4.79 Å². The topological polar surface area (TPSA) is 63.3 Å². The van der Waals surface area contributed by atoms with Crippen molar-refractivity contribution >= 4 is 12.0 Å². The van der Waals surface area contributed by atoms with Crippen LogP contribution in [0, 0.1) is 6.92 Å². The van der Waals surface area contributed by atoms with Crippen LogP contribution < -0.4 is 5.73 Å². The third-order valence-corrected chi connectivity index (χ3v) is 3.34. The first-order valence-electron chi connectivity index (χ1n) is 7.28. The van der Waals surface area contributed by atoms with Gasteiger partial charge in [0, 0.05) is 6.42 Å². The second-order valence-corrected chi connectivity index (χ2v) is 5.14. The van der Waals surface area contributed by atoms with Crippen molar-refractivity contribution in [2.75, 3.05) is 0 Å². The number of benzene rings is 1. The molecule has 0 saturated heterocycles. The summed E-state index contributed by atoms with van der Waals surface area (Å²) in [6.07, 6.45) is 7.40. The van der Waals surface area contributed by atoms with Crippen molar-refractivity contribution in [1.29, 1.82) is 0 Å². The highest BCUT2D eigenvalue weighted by molar-refractivity contribution is 5.73. The van der Waals surface area contributed by atoms with Crippen LogP contribution in [-0.2, 0) is 4.79 Å². The number of carbonyl (C=O) groups is 1. The third kappa shape index (κ3) is 5.17. The van der Waals surface area contributed by atoms with E-state index in [1.165, 1.54) is 0 Å². The van der Waals surface area contributed by atoms with Crippen molar-refractivity contribution in [3.63, 3.8) is 0 Å². The minimum Gasteiger partial charge on any atom is -0.388 e. The molecule has 0 aliphatic heterocycles. The molecule has 0 spiro atoms. The third-order valence-electron chi connectivity index (χ3n) is 3.34. The van der Waals surface area contributed by atoms with Crippen LogP contribution in [0.2, 0.25) is 0 Å². The Morgan fingerprint density at radius 2 is 2.20 bits per heavy atom. The van der Waals surface area contributed by atoms with Crippen LogP contribution in [0.15, 0.2) is 24.3 Å². The van der Waals surface area contributed by atoms with Crippen molar-refractivity contribution in [2.24, 2.45) is 5.73 Å². The van der Waals surface area contributed by atoms with Crippen LogP contribution in [0.5, 0.6) is 0 Å². The minimum atomic E-state index is -0.411. The van der Waals surface area contributed by atoms with Crippen molar-refractivity contribution < 1.29 is 9.90 Å². The summed E-state index contributed by atoms with van der Waals surface area (Å²) in [5, 5.41) is 10.3. The Kier molecular flexibility index (Phi) is 7.02. The first kappa shape index (κ1) is 16.4. The maximum atomic E-state index is 10.7. The molecule has 3 nitrogen and oxygen atoms in total. The number of carbonyl (C=O) groups excluding carboxylic acids is 1. The number of aliphatic hydroxyl groups excluding tert-OH is 1. The van der Waals surface area contributed by atoms with Gasteiger partial charge in [-0.25, -0.2) is 0 Å². The highest BCUT2D eigenvalue weighted by Gasteiger charge is 2.12. The van der Waals surface area contributed by atoms with Crippen molar-refractivity contribution in [3.8, 4) is 0 Å². The molecule has 1 aromatic rings. The molecule has 0 fully saturated rings. The Hall–Kier alpha value is -1.61. The fraction of sp³-hybridized carbons (Fsp3) is 0.471. The normalized spacial score (nSPS) is 12.8. The summed E-state index contributed by atoms with van der Waals surface area (Å²) in [6, 6.07) is 6.05. The molecule has 3 N–H and O–H groups in total. The van der Waals surface area contributed by atoms with Gasteiger partial charge in [-0.1, -0.05) is 43.7 Å². The van der Waals surface area contributed by atoms with Gasteiger partial charge < -0.3 is 10.8 Å². The van der Waals surface area contributed by atoms with E-state index in [9.17, 15) is 9.90 Å². The predicted octanol–water partition coefficient (Wildman–Crippen LogP) is 3.50. The van der Waals surface area contributed by atoms with E-state index >= 15 is 0 Å². The van der Waals surface area contributed by atoms with Crippen molar-refractivity contribution in [2.45, 2.75) is 52.1 Å². The molecule has 1 rings (SSSR count). The Morgan fingerprint density at radius 3 is 2.85 bits per heavy atom. The molecule has 1 unspecified atom stereocenters. The number of aliphatic hydroxyl groups is 1. The van der Waals surface area contributed by atoms with Crippen LogP contribution in [-0.4, -0.2) is 11.0 Å². The molecule has 0 saturated carbocycles. The molecule has 1 aromatic carbocycles. The number of aryl methyl sites for hydroxylation is 1. The lowest BCUT2D eigenvalue weighted by Gasteiger charge is -2.16. The molecule has 0 aliphatic carbocycles. The number of unbranched alkanes of at least 4 members (excludes halogenated alkanes) is 1. The maximum absolute atomic E-state index is 10.7. The zero-order chi connectivity index (χ0) is 15.0. The first-order valence-corrected chi connectivity index (χ1v) is 7.28. The lowest BCUT2D eigenvalue weighted by molar-refractivity contribution is -0.118. The molecule has 0 aromatic heterocycles. The standard InChI is InChI=1S/C17H25NO2/c1-3-8-15(19)17-13(2)9-7-11-14(17)10-5-4-6-12-16(18)20/h5,7,9-11,15,19H,3-4,6,8,12H2,1-2H3,(H2,18,20). The van der Waals surface area contributed by atoms with Gasteiger partial charge in [0.25, 0.3) is 0 Å². The molecule has 0 radical (unpaired) electrons. The van der Waals surface area contributed by atoms with Gasteiger partial charge in [0.2, 0.25) is 5.91 Å². The quantitative estimate of drug-likeness (QED) is 0.713. The van der Waals surface area contributed by atoms with Crippen LogP contribution in [0.4, 0.5) is 0 Å². The van der Waals surface area contributed by atoms with Gasteiger partial charge >= 0.3 is 0 Å². The van der Waals surface area contributed by atoms with E-state index in [1.807, 2.05) is 37.3 Å². The summed E-state index contributed by atoms with van der Waals surface area (Å²) in [6.45, 7) is 4.10. The van der Waals surface area contributed by atoms with Gasteiger partial charge in [-0.05, 0) is 42.9 Å². The van der Waals surface area contributed by atoms with E-state index < -0.39 is 6.10 Å². The number of primary amides is 1. The van der Waals surface area contributed by atoms with Crippen LogP contribution in [0.1, 0.15) is 61.8 Å². The summed E-state index contributed by atoms with van der Waals surface area (Å²) in [7, 11) is 0. The second-order valence-electron chi connectivity index (χ2n) is 5.14. The van der Waals surface area contributed by atoms with E-state index in [1.54, 1.807) is 0 Å². The molecule has 110 valence electrons. The molecule has 0 aliphatic rings. The lowest BCUT2D eigenvalue weighted by Crippen LogP contribution is -2.09. The summed E-state index contributed by atoms with van der Waals surface area (Å²) in [5.74, 6) is -0.256. The highest BCUT2D eigenvalue weighted by atomic mass is 16.3. The smallest absolute Gasteiger partial charge is 0.217 e. The first-order chi connectivity index (χ1) is 9.56.